The summed E-state index contributed by atoms with van der Waals surface area (Å²) in [5.41, 5.74) is 1.87. The fourth-order valence-electron chi connectivity index (χ4n) is 4.11. The van der Waals surface area contributed by atoms with Crippen LogP contribution in [0.4, 0.5) is 0 Å². The van der Waals surface area contributed by atoms with E-state index in [9.17, 15) is 9.59 Å². The van der Waals surface area contributed by atoms with Gasteiger partial charge < -0.3 is 19.5 Å². The SMILES string of the molecule is COc1ccc(CN2CCC(CNC(=O)CCCOc3ccc(C(C)=O)cc3OC)CC2)cc1. The number of amides is 1. The first kappa shape index (κ1) is 25.6. The number of rotatable bonds is 12. The highest BCUT2D eigenvalue weighted by atomic mass is 16.5. The number of Topliss-reactive ketones (excluding diaryl/α,β-unsaturated/α-hetero) is 1. The van der Waals surface area contributed by atoms with Crippen molar-refractivity contribution in [2.45, 2.75) is 39.2 Å². The molecule has 1 aliphatic rings. The minimum Gasteiger partial charge on any atom is -0.497 e. The van der Waals surface area contributed by atoms with E-state index in [1.54, 1.807) is 32.4 Å². The van der Waals surface area contributed by atoms with E-state index in [-0.39, 0.29) is 11.7 Å². The van der Waals surface area contributed by atoms with E-state index < -0.39 is 0 Å². The van der Waals surface area contributed by atoms with Crippen LogP contribution < -0.4 is 19.5 Å². The fourth-order valence-corrected chi connectivity index (χ4v) is 4.11. The van der Waals surface area contributed by atoms with Crippen LogP contribution in [0.5, 0.6) is 17.2 Å². The van der Waals surface area contributed by atoms with E-state index in [4.69, 9.17) is 14.2 Å². The molecule has 1 N–H and O–H groups in total. The van der Waals surface area contributed by atoms with Crippen molar-refractivity contribution in [3.8, 4) is 17.2 Å². The van der Waals surface area contributed by atoms with Crippen molar-refractivity contribution in [3.05, 3.63) is 53.6 Å². The lowest BCUT2D eigenvalue weighted by atomic mass is 9.96. The molecule has 1 fully saturated rings. The molecule has 1 saturated heterocycles. The number of ketones is 1. The smallest absolute Gasteiger partial charge is 0.220 e. The Kier molecular flexibility index (Phi) is 9.76. The molecule has 184 valence electrons. The second-order valence-corrected chi connectivity index (χ2v) is 8.75. The average molecular weight is 469 g/mol. The predicted octanol–water partition coefficient (Wildman–Crippen LogP) is 4.09. The van der Waals surface area contributed by atoms with Gasteiger partial charge in [-0.1, -0.05) is 12.1 Å². The number of benzene rings is 2. The highest BCUT2D eigenvalue weighted by Crippen LogP contribution is 2.28. The number of methoxy groups -OCH3 is 2. The number of nitrogens with one attached hydrogen (secondary N) is 1. The van der Waals surface area contributed by atoms with E-state index >= 15 is 0 Å². The maximum Gasteiger partial charge on any atom is 0.220 e. The molecule has 1 aliphatic heterocycles. The average Bonchev–Trinajstić information content (AvgIpc) is 2.86. The van der Waals surface area contributed by atoms with Crippen molar-refractivity contribution in [1.82, 2.24) is 10.2 Å². The maximum atomic E-state index is 12.2. The van der Waals surface area contributed by atoms with Crippen LogP contribution in [0.3, 0.4) is 0 Å². The molecule has 0 aromatic heterocycles. The summed E-state index contributed by atoms with van der Waals surface area (Å²) in [6.45, 7) is 5.70. The molecule has 7 heteroatoms. The number of hydrogen-bond donors (Lipinski definition) is 1. The van der Waals surface area contributed by atoms with Crippen LogP contribution >= 0.6 is 0 Å². The Balaban J connectivity index is 1.29. The molecule has 0 saturated carbocycles. The zero-order valence-corrected chi connectivity index (χ0v) is 20.5. The molecule has 0 spiro atoms. The normalized spacial score (nSPS) is 14.4. The quantitative estimate of drug-likeness (QED) is 0.373. The van der Waals surface area contributed by atoms with Crippen molar-refractivity contribution < 1.29 is 23.8 Å². The van der Waals surface area contributed by atoms with Crippen molar-refractivity contribution in [2.24, 2.45) is 5.92 Å². The van der Waals surface area contributed by atoms with Crippen molar-refractivity contribution in [2.75, 3.05) is 40.5 Å². The first-order chi connectivity index (χ1) is 16.5. The van der Waals surface area contributed by atoms with Crippen LogP contribution in [0, 0.1) is 5.92 Å². The lowest BCUT2D eigenvalue weighted by Gasteiger charge is -2.32. The Hall–Kier alpha value is -3.06. The van der Waals surface area contributed by atoms with Gasteiger partial charge in [0.05, 0.1) is 20.8 Å². The van der Waals surface area contributed by atoms with Crippen LogP contribution in [-0.2, 0) is 11.3 Å². The monoisotopic (exact) mass is 468 g/mol. The van der Waals surface area contributed by atoms with Gasteiger partial charge in [-0.25, -0.2) is 0 Å². The molecule has 2 aromatic carbocycles. The second-order valence-electron chi connectivity index (χ2n) is 8.75. The first-order valence-corrected chi connectivity index (χ1v) is 11.9. The molecular formula is C27H36N2O5. The number of nitrogens with zero attached hydrogens (tertiary/aromatic N) is 1. The highest BCUT2D eigenvalue weighted by Gasteiger charge is 2.20. The van der Waals surface area contributed by atoms with Crippen molar-refractivity contribution in [3.63, 3.8) is 0 Å². The van der Waals surface area contributed by atoms with Gasteiger partial charge in [-0.15, -0.1) is 0 Å². The van der Waals surface area contributed by atoms with Gasteiger partial charge in [0.15, 0.2) is 17.3 Å². The largest absolute Gasteiger partial charge is 0.497 e. The van der Waals surface area contributed by atoms with Crippen LogP contribution in [0.1, 0.15) is 48.5 Å². The van der Waals surface area contributed by atoms with E-state index in [1.165, 1.54) is 12.5 Å². The number of ether oxygens (including phenoxy) is 3. The van der Waals surface area contributed by atoms with Gasteiger partial charge in [-0.05, 0) is 81.1 Å². The molecule has 0 atom stereocenters. The summed E-state index contributed by atoms with van der Waals surface area (Å²) in [4.78, 5) is 26.2. The molecular weight excluding hydrogens is 432 g/mol. The Morgan fingerprint density at radius 3 is 2.38 bits per heavy atom. The topological polar surface area (TPSA) is 77.1 Å². The number of piperidine rings is 1. The molecule has 2 aromatic rings. The highest BCUT2D eigenvalue weighted by molar-refractivity contribution is 5.94. The summed E-state index contributed by atoms with van der Waals surface area (Å²) in [6.07, 6.45) is 3.22. The Labute approximate surface area is 202 Å². The van der Waals surface area contributed by atoms with E-state index in [0.717, 1.165) is 44.8 Å². The molecule has 0 bridgehead atoms. The number of likely N-dealkylation sites (tertiary alicyclic amines) is 1. The number of carbonyl (C=O) groups is 2. The van der Waals surface area contributed by atoms with E-state index in [2.05, 4.69) is 22.3 Å². The molecule has 0 radical (unpaired) electrons. The van der Waals surface area contributed by atoms with Gasteiger partial charge >= 0.3 is 0 Å². The molecule has 3 rings (SSSR count). The van der Waals surface area contributed by atoms with Gasteiger partial charge in [0.2, 0.25) is 5.91 Å². The second kappa shape index (κ2) is 13.0. The van der Waals surface area contributed by atoms with Crippen LogP contribution in [0.25, 0.3) is 0 Å². The maximum absolute atomic E-state index is 12.2. The third kappa shape index (κ3) is 7.76. The summed E-state index contributed by atoms with van der Waals surface area (Å²) in [5.74, 6) is 2.54. The van der Waals surface area contributed by atoms with Gasteiger partial charge in [-0.2, -0.15) is 0 Å². The molecule has 1 heterocycles. The minimum atomic E-state index is -0.0237. The van der Waals surface area contributed by atoms with Gasteiger partial charge in [0, 0.05) is 25.1 Å². The first-order valence-electron chi connectivity index (χ1n) is 11.9. The molecule has 1 amide bonds. The van der Waals surface area contributed by atoms with Gasteiger partial charge in [-0.3, -0.25) is 14.5 Å². The minimum absolute atomic E-state index is 0.0237. The summed E-state index contributed by atoms with van der Waals surface area (Å²) < 4.78 is 16.3. The van der Waals surface area contributed by atoms with Crippen LogP contribution in [0.15, 0.2) is 42.5 Å². The Morgan fingerprint density at radius 2 is 1.74 bits per heavy atom. The Morgan fingerprint density at radius 1 is 1.00 bits per heavy atom. The summed E-state index contributed by atoms with van der Waals surface area (Å²) in [6, 6.07) is 13.4. The van der Waals surface area contributed by atoms with Crippen LogP contribution in [-0.4, -0.2) is 57.1 Å². The van der Waals surface area contributed by atoms with E-state index in [0.29, 0.717) is 42.4 Å². The van der Waals surface area contributed by atoms with Crippen molar-refractivity contribution in [1.29, 1.82) is 0 Å². The van der Waals surface area contributed by atoms with Gasteiger partial charge in [0.25, 0.3) is 0 Å². The predicted molar refractivity (Wildman–Crippen MR) is 132 cm³/mol. The Bertz CT molecular complexity index is 937. The third-order valence-corrected chi connectivity index (χ3v) is 6.24. The third-order valence-electron chi connectivity index (χ3n) is 6.24. The van der Waals surface area contributed by atoms with E-state index in [1.807, 2.05) is 12.1 Å². The number of hydrogen-bond acceptors (Lipinski definition) is 6. The lowest BCUT2D eigenvalue weighted by molar-refractivity contribution is -0.121. The number of carbonyl (C=O) groups excluding carboxylic acids is 2. The van der Waals surface area contributed by atoms with Gasteiger partial charge in [0.1, 0.15) is 5.75 Å². The fraction of sp³-hybridized carbons (Fsp3) is 0.481. The molecule has 0 unspecified atom stereocenters. The standard InChI is InChI=1S/C27H36N2O5/c1-20(30)23-8-11-25(26(17-23)33-3)34-16-4-5-27(31)28-18-21-12-14-29(15-13-21)19-22-6-9-24(32-2)10-7-22/h6-11,17,21H,4-5,12-16,18-19H2,1-3H3,(H,28,31). The zero-order chi connectivity index (χ0) is 24.3. The summed E-state index contributed by atoms with van der Waals surface area (Å²) in [5, 5.41) is 3.08. The van der Waals surface area contributed by atoms with Crippen molar-refractivity contribution >= 4 is 11.7 Å². The summed E-state index contributed by atoms with van der Waals surface area (Å²) in [7, 11) is 3.23. The molecule has 34 heavy (non-hydrogen) atoms. The summed E-state index contributed by atoms with van der Waals surface area (Å²) >= 11 is 0. The molecule has 0 aliphatic carbocycles. The lowest BCUT2D eigenvalue weighted by Crippen LogP contribution is -2.38. The molecule has 7 nitrogen and oxygen atoms in total. The van der Waals surface area contributed by atoms with Crippen LogP contribution in [0.2, 0.25) is 0 Å². The zero-order valence-electron chi connectivity index (χ0n) is 20.5.